The number of rotatable bonds is 5. The molecular formula is C13H16N2O3S. The Hall–Kier alpha value is -1.95. The fourth-order valence-corrected chi connectivity index (χ4v) is 2.27. The molecule has 2 aromatic rings. The van der Waals surface area contributed by atoms with Gasteiger partial charge in [0, 0.05) is 16.9 Å². The summed E-state index contributed by atoms with van der Waals surface area (Å²) in [6.07, 6.45) is 4.45. The van der Waals surface area contributed by atoms with Crippen LogP contribution in [-0.4, -0.2) is 14.7 Å². The first-order valence-corrected chi connectivity index (χ1v) is 7.70. The molecule has 19 heavy (non-hydrogen) atoms. The Morgan fingerprint density at radius 2 is 1.74 bits per heavy atom. The van der Waals surface area contributed by atoms with Gasteiger partial charge >= 0.3 is 0 Å². The minimum absolute atomic E-state index is 0.118. The summed E-state index contributed by atoms with van der Waals surface area (Å²) < 4.78 is 29.6. The zero-order valence-electron chi connectivity index (χ0n) is 10.8. The molecule has 0 amide bonds. The van der Waals surface area contributed by atoms with Crippen LogP contribution in [0.2, 0.25) is 0 Å². The van der Waals surface area contributed by atoms with Gasteiger partial charge in [-0.05, 0) is 37.3 Å². The summed E-state index contributed by atoms with van der Waals surface area (Å²) in [5.41, 5.74) is 2.51. The van der Waals surface area contributed by atoms with E-state index in [2.05, 4.69) is 10.0 Å². The lowest BCUT2D eigenvalue weighted by atomic mass is 10.1. The highest BCUT2D eigenvalue weighted by Gasteiger charge is 2.07. The molecule has 0 aliphatic heterocycles. The van der Waals surface area contributed by atoms with E-state index in [0.717, 1.165) is 17.5 Å². The molecule has 0 aliphatic carbocycles. The fraction of sp³-hybridized carbons (Fsp3) is 0.231. The van der Waals surface area contributed by atoms with Crippen molar-refractivity contribution in [2.24, 2.45) is 0 Å². The van der Waals surface area contributed by atoms with Crippen LogP contribution in [0.25, 0.3) is 0 Å². The lowest BCUT2D eigenvalue weighted by molar-refractivity contribution is 0.562. The Bertz CT molecular complexity index is 618. The van der Waals surface area contributed by atoms with Crippen molar-refractivity contribution >= 4 is 21.4 Å². The predicted molar refractivity (Wildman–Crippen MR) is 75.7 cm³/mol. The van der Waals surface area contributed by atoms with E-state index in [9.17, 15) is 8.42 Å². The number of hydrogen-bond acceptors (Lipinski definition) is 4. The van der Waals surface area contributed by atoms with Crippen LogP contribution in [0.5, 0.6) is 0 Å². The lowest BCUT2D eigenvalue weighted by Crippen LogP contribution is -2.09. The molecule has 0 aliphatic rings. The molecule has 1 unspecified atom stereocenters. The average Bonchev–Trinajstić information content (AvgIpc) is 2.83. The van der Waals surface area contributed by atoms with Gasteiger partial charge in [0.2, 0.25) is 10.0 Å². The standard InChI is InChI=1S/C13H16N2O3S/c1-10(11-7-8-18-9-11)14-12-3-5-13(6-4-12)15-19(2,16)17/h3-10,14-15H,1-2H3. The first-order valence-electron chi connectivity index (χ1n) is 5.80. The van der Waals surface area contributed by atoms with E-state index in [1.54, 1.807) is 24.7 Å². The maximum atomic E-state index is 11.1. The molecule has 0 saturated heterocycles. The number of benzene rings is 1. The number of nitrogens with one attached hydrogen (secondary N) is 2. The Morgan fingerprint density at radius 1 is 1.11 bits per heavy atom. The second-order valence-corrected chi connectivity index (χ2v) is 6.12. The van der Waals surface area contributed by atoms with Crippen molar-refractivity contribution in [2.45, 2.75) is 13.0 Å². The minimum atomic E-state index is -3.23. The van der Waals surface area contributed by atoms with E-state index in [1.807, 2.05) is 25.1 Å². The largest absolute Gasteiger partial charge is 0.472 e. The first-order chi connectivity index (χ1) is 8.94. The van der Waals surface area contributed by atoms with Gasteiger partial charge in [-0.2, -0.15) is 0 Å². The lowest BCUT2D eigenvalue weighted by Gasteiger charge is -2.14. The Balaban J connectivity index is 2.03. The molecule has 0 spiro atoms. The van der Waals surface area contributed by atoms with Crippen molar-refractivity contribution in [1.29, 1.82) is 0 Å². The quantitative estimate of drug-likeness (QED) is 0.883. The summed E-state index contributed by atoms with van der Waals surface area (Å²) in [6, 6.07) is 9.09. The Morgan fingerprint density at radius 3 is 2.26 bits per heavy atom. The van der Waals surface area contributed by atoms with Gasteiger partial charge < -0.3 is 9.73 Å². The molecule has 6 heteroatoms. The SMILES string of the molecule is CC(Nc1ccc(NS(C)(=O)=O)cc1)c1ccoc1. The second-order valence-electron chi connectivity index (χ2n) is 4.37. The second kappa shape index (κ2) is 5.36. The Kier molecular flexibility index (Phi) is 3.80. The monoisotopic (exact) mass is 280 g/mol. The normalized spacial score (nSPS) is 12.9. The highest BCUT2D eigenvalue weighted by molar-refractivity contribution is 7.92. The molecule has 2 rings (SSSR count). The van der Waals surface area contributed by atoms with E-state index >= 15 is 0 Å². The summed E-state index contributed by atoms with van der Waals surface area (Å²) in [6.45, 7) is 2.02. The van der Waals surface area contributed by atoms with Crippen molar-refractivity contribution in [3.05, 3.63) is 48.4 Å². The predicted octanol–water partition coefficient (Wildman–Crippen LogP) is 2.82. The van der Waals surface area contributed by atoms with E-state index < -0.39 is 10.0 Å². The van der Waals surface area contributed by atoms with Crippen LogP contribution < -0.4 is 10.0 Å². The number of furan rings is 1. The molecule has 2 N–H and O–H groups in total. The highest BCUT2D eigenvalue weighted by atomic mass is 32.2. The molecule has 0 bridgehead atoms. The van der Waals surface area contributed by atoms with E-state index in [4.69, 9.17) is 4.42 Å². The molecule has 102 valence electrons. The van der Waals surface area contributed by atoms with Crippen LogP contribution in [-0.2, 0) is 10.0 Å². The van der Waals surface area contributed by atoms with E-state index in [1.165, 1.54) is 0 Å². The van der Waals surface area contributed by atoms with Crippen LogP contribution in [0, 0.1) is 0 Å². The summed E-state index contributed by atoms with van der Waals surface area (Å²) in [5.74, 6) is 0. The van der Waals surface area contributed by atoms with Crippen LogP contribution in [0.15, 0.2) is 47.3 Å². The number of hydrogen-bond donors (Lipinski definition) is 2. The number of sulfonamides is 1. The third-order valence-electron chi connectivity index (χ3n) is 2.61. The maximum absolute atomic E-state index is 11.1. The van der Waals surface area contributed by atoms with E-state index in [-0.39, 0.29) is 6.04 Å². The van der Waals surface area contributed by atoms with Crippen LogP contribution in [0.3, 0.4) is 0 Å². The van der Waals surface area contributed by atoms with Gasteiger partial charge in [0.1, 0.15) is 0 Å². The topological polar surface area (TPSA) is 71.3 Å². The van der Waals surface area contributed by atoms with Crippen molar-refractivity contribution in [3.63, 3.8) is 0 Å². The molecule has 0 saturated carbocycles. The van der Waals surface area contributed by atoms with Crippen LogP contribution in [0.4, 0.5) is 11.4 Å². The first kappa shape index (κ1) is 13.5. The summed E-state index contributed by atoms with van der Waals surface area (Å²) in [5, 5.41) is 3.30. The third-order valence-corrected chi connectivity index (χ3v) is 3.22. The van der Waals surface area contributed by atoms with Gasteiger partial charge in [-0.3, -0.25) is 4.72 Å². The fourth-order valence-electron chi connectivity index (χ4n) is 1.70. The molecular weight excluding hydrogens is 264 g/mol. The third kappa shape index (κ3) is 4.03. The van der Waals surface area contributed by atoms with Gasteiger partial charge in [-0.1, -0.05) is 0 Å². The maximum Gasteiger partial charge on any atom is 0.229 e. The summed E-state index contributed by atoms with van der Waals surface area (Å²) in [4.78, 5) is 0. The molecule has 1 aromatic heterocycles. The van der Waals surface area contributed by atoms with Crippen molar-refractivity contribution in [3.8, 4) is 0 Å². The summed E-state index contributed by atoms with van der Waals surface area (Å²) >= 11 is 0. The molecule has 0 fully saturated rings. The van der Waals surface area contributed by atoms with Crippen LogP contribution >= 0.6 is 0 Å². The van der Waals surface area contributed by atoms with Gasteiger partial charge in [0.15, 0.2) is 0 Å². The van der Waals surface area contributed by atoms with Crippen LogP contribution in [0.1, 0.15) is 18.5 Å². The van der Waals surface area contributed by atoms with Gasteiger partial charge in [0.25, 0.3) is 0 Å². The zero-order valence-corrected chi connectivity index (χ0v) is 11.6. The number of anilines is 2. The molecule has 1 heterocycles. The minimum Gasteiger partial charge on any atom is -0.472 e. The van der Waals surface area contributed by atoms with Crippen molar-refractivity contribution in [1.82, 2.24) is 0 Å². The van der Waals surface area contributed by atoms with Crippen molar-refractivity contribution < 1.29 is 12.8 Å². The zero-order chi connectivity index (χ0) is 13.9. The van der Waals surface area contributed by atoms with Crippen molar-refractivity contribution in [2.75, 3.05) is 16.3 Å². The van der Waals surface area contributed by atoms with Gasteiger partial charge in [-0.25, -0.2) is 8.42 Å². The molecule has 1 aromatic carbocycles. The molecule has 1 atom stereocenters. The Labute approximate surface area is 112 Å². The molecule has 0 radical (unpaired) electrons. The van der Waals surface area contributed by atoms with Gasteiger partial charge in [0.05, 0.1) is 24.8 Å². The summed E-state index contributed by atoms with van der Waals surface area (Å²) in [7, 11) is -3.23. The van der Waals surface area contributed by atoms with E-state index in [0.29, 0.717) is 5.69 Å². The van der Waals surface area contributed by atoms with Gasteiger partial charge in [-0.15, -0.1) is 0 Å². The highest BCUT2D eigenvalue weighted by Crippen LogP contribution is 2.21. The smallest absolute Gasteiger partial charge is 0.229 e. The molecule has 5 nitrogen and oxygen atoms in total. The average molecular weight is 280 g/mol.